The molecule has 1 aliphatic heterocycles. The number of nitrogens with zero attached hydrogens (tertiary/aromatic N) is 2. The summed E-state index contributed by atoms with van der Waals surface area (Å²) in [4.78, 5) is 6.48. The summed E-state index contributed by atoms with van der Waals surface area (Å²) in [5.41, 5.74) is -0.576. The Morgan fingerprint density at radius 1 is 1.36 bits per heavy atom. The minimum atomic E-state index is -3.23. The summed E-state index contributed by atoms with van der Waals surface area (Å²) in [6, 6.07) is 0. The third kappa shape index (κ3) is 6.93. The highest BCUT2D eigenvalue weighted by Gasteiger charge is 2.25. The van der Waals surface area contributed by atoms with Gasteiger partial charge >= 0.3 is 0 Å². The van der Waals surface area contributed by atoms with E-state index < -0.39 is 15.6 Å². The molecule has 1 saturated heterocycles. The first kappa shape index (κ1) is 19.2. The second kappa shape index (κ2) is 8.12. The van der Waals surface area contributed by atoms with E-state index in [1.54, 1.807) is 7.05 Å². The lowest BCUT2D eigenvalue weighted by molar-refractivity contribution is 0.0263. The number of hydrogen-bond donors (Lipinski definition) is 2. The first-order valence-electron chi connectivity index (χ1n) is 7.73. The molecule has 1 fully saturated rings. The predicted octanol–water partition coefficient (Wildman–Crippen LogP) is 0.391. The molecule has 0 atom stereocenters. The van der Waals surface area contributed by atoms with Crippen LogP contribution in [-0.2, 0) is 14.8 Å². The van der Waals surface area contributed by atoms with Crippen LogP contribution >= 0.6 is 0 Å². The maximum absolute atomic E-state index is 11.4. The zero-order chi connectivity index (χ0) is 16.8. The Morgan fingerprint density at radius 2 is 1.95 bits per heavy atom. The molecule has 1 rings (SSSR count). The van der Waals surface area contributed by atoms with Gasteiger partial charge in [-0.05, 0) is 33.6 Å². The molecule has 0 radical (unpaired) electrons. The van der Waals surface area contributed by atoms with Crippen LogP contribution in [0.3, 0.4) is 0 Å². The molecule has 0 unspecified atom stereocenters. The van der Waals surface area contributed by atoms with Crippen LogP contribution in [0.5, 0.6) is 0 Å². The number of hydrogen-bond acceptors (Lipinski definition) is 4. The SMILES string of the molecule is CCOC1CCN(C(=NC)NCC(C)(C)NS(C)(=O)=O)CC1. The Balaban J connectivity index is 2.50. The maximum atomic E-state index is 11.4. The van der Waals surface area contributed by atoms with Crippen molar-refractivity contribution in [1.82, 2.24) is 14.9 Å². The van der Waals surface area contributed by atoms with E-state index in [9.17, 15) is 8.42 Å². The van der Waals surface area contributed by atoms with E-state index in [4.69, 9.17) is 4.74 Å². The van der Waals surface area contributed by atoms with Crippen LogP contribution in [0.15, 0.2) is 4.99 Å². The molecule has 1 aliphatic rings. The summed E-state index contributed by atoms with van der Waals surface area (Å²) in [7, 11) is -1.49. The van der Waals surface area contributed by atoms with Gasteiger partial charge in [-0.3, -0.25) is 4.99 Å². The van der Waals surface area contributed by atoms with Crippen molar-refractivity contribution < 1.29 is 13.2 Å². The number of guanidine groups is 1. The Morgan fingerprint density at radius 3 is 2.41 bits per heavy atom. The zero-order valence-electron chi connectivity index (χ0n) is 14.3. The van der Waals surface area contributed by atoms with Crippen molar-refractivity contribution in [1.29, 1.82) is 0 Å². The van der Waals surface area contributed by atoms with E-state index in [0.29, 0.717) is 12.6 Å². The van der Waals surface area contributed by atoms with Gasteiger partial charge in [-0.25, -0.2) is 13.1 Å². The third-order valence-electron chi connectivity index (χ3n) is 3.51. The van der Waals surface area contributed by atoms with Crippen molar-refractivity contribution in [3.05, 3.63) is 0 Å². The number of rotatable bonds is 6. The highest BCUT2D eigenvalue weighted by molar-refractivity contribution is 7.88. The van der Waals surface area contributed by atoms with Gasteiger partial charge in [0.1, 0.15) is 0 Å². The zero-order valence-corrected chi connectivity index (χ0v) is 15.2. The second-order valence-corrected chi connectivity index (χ2v) is 8.05. The number of ether oxygens (including phenoxy) is 1. The quantitative estimate of drug-likeness (QED) is 0.542. The number of sulfonamides is 1. The lowest BCUT2D eigenvalue weighted by Gasteiger charge is -2.35. The highest BCUT2D eigenvalue weighted by atomic mass is 32.2. The van der Waals surface area contributed by atoms with Gasteiger partial charge in [-0.1, -0.05) is 0 Å². The third-order valence-corrected chi connectivity index (χ3v) is 4.43. The molecule has 0 aromatic heterocycles. The summed E-state index contributed by atoms with van der Waals surface area (Å²) in [6.07, 6.45) is 3.48. The van der Waals surface area contributed by atoms with Gasteiger partial charge in [0.05, 0.1) is 12.4 Å². The fourth-order valence-electron chi connectivity index (χ4n) is 2.64. The second-order valence-electron chi connectivity index (χ2n) is 6.30. The van der Waals surface area contributed by atoms with Gasteiger partial charge in [-0.2, -0.15) is 0 Å². The maximum Gasteiger partial charge on any atom is 0.209 e. The van der Waals surface area contributed by atoms with E-state index >= 15 is 0 Å². The van der Waals surface area contributed by atoms with Crippen molar-refractivity contribution in [3.8, 4) is 0 Å². The van der Waals surface area contributed by atoms with Gasteiger partial charge in [0.2, 0.25) is 10.0 Å². The summed E-state index contributed by atoms with van der Waals surface area (Å²) in [5.74, 6) is 0.804. The van der Waals surface area contributed by atoms with Crippen LogP contribution in [0, 0.1) is 0 Å². The topological polar surface area (TPSA) is 83.0 Å². The van der Waals surface area contributed by atoms with Gasteiger partial charge in [0.25, 0.3) is 0 Å². The van der Waals surface area contributed by atoms with Crippen molar-refractivity contribution in [2.45, 2.75) is 45.3 Å². The van der Waals surface area contributed by atoms with Crippen molar-refractivity contribution in [2.24, 2.45) is 4.99 Å². The fourth-order valence-corrected chi connectivity index (χ4v) is 3.72. The number of nitrogens with one attached hydrogen (secondary N) is 2. The molecule has 130 valence electrons. The minimum absolute atomic E-state index is 0.336. The molecule has 0 aromatic rings. The Bertz CT molecular complexity index is 468. The minimum Gasteiger partial charge on any atom is -0.378 e. The monoisotopic (exact) mass is 334 g/mol. The Kier molecular flexibility index (Phi) is 7.08. The molecule has 8 heteroatoms. The summed E-state index contributed by atoms with van der Waals surface area (Å²) >= 11 is 0. The van der Waals surface area contributed by atoms with Gasteiger partial charge in [0.15, 0.2) is 5.96 Å². The summed E-state index contributed by atoms with van der Waals surface area (Å²) < 4.78 is 31.0. The summed E-state index contributed by atoms with van der Waals surface area (Å²) in [6.45, 7) is 8.71. The smallest absolute Gasteiger partial charge is 0.209 e. The van der Waals surface area contributed by atoms with Crippen LogP contribution < -0.4 is 10.0 Å². The van der Waals surface area contributed by atoms with E-state index in [2.05, 4.69) is 19.9 Å². The average molecular weight is 334 g/mol. The average Bonchev–Trinajstić information content (AvgIpc) is 2.38. The van der Waals surface area contributed by atoms with Crippen molar-refractivity contribution in [2.75, 3.05) is 39.5 Å². The van der Waals surface area contributed by atoms with Crippen LogP contribution in [-0.4, -0.2) is 70.5 Å². The molecule has 0 spiro atoms. The molecule has 1 heterocycles. The lowest BCUT2D eigenvalue weighted by Crippen LogP contribution is -2.54. The molecule has 0 saturated carbocycles. The predicted molar refractivity (Wildman–Crippen MR) is 89.6 cm³/mol. The Labute approximate surface area is 134 Å². The molecular formula is C14H30N4O3S. The molecule has 0 aromatic carbocycles. The fraction of sp³-hybridized carbons (Fsp3) is 0.929. The van der Waals surface area contributed by atoms with Crippen LogP contribution in [0.1, 0.15) is 33.6 Å². The van der Waals surface area contributed by atoms with E-state index in [0.717, 1.165) is 38.5 Å². The highest BCUT2D eigenvalue weighted by Crippen LogP contribution is 2.14. The van der Waals surface area contributed by atoms with Gasteiger partial charge in [0, 0.05) is 38.8 Å². The van der Waals surface area contributed by atoms with Crippen LogP contribution in [0.2, 0.25) is 0 Å². The molecule has 0 bridgehead atoms. The number of aliphatic imine (C=N–C) groups is 1. The normalized spacial score (nSPS) is 18.6. The van der Waals surface area contributed by atoms with Crippen molar-refractivity contribution in [3.63, 3.8) is 0 Å². The molecule has 2 N–H and O–H groups in total. The molecular weight excluding hydrogens is 304 g/mol. The summed E-state index contributed by atoms with van der Waals surface area (Å²) in [5, 5.41) is 3.26. The molecule has 7 nitrogen and oxygen atoms in total. The Hall–Kier alpha value is -0.860. The van der Waals surface area contributed by atoms with E-state index in [-0.39, 0.29) is 0 Å². The molecule has 0 amide bonds. The first-order chi connectivity index (χ1) is 10.2. The van der Waals surface area contributed by atoms with E-state index in [1.807, 2.05) is 20.8 Å². The van der Waals surface area contributed by atoms with Crippen LogP contribution in [0.25, 0.3) is 0 Å². The lowest BCUT2D eigenvalue weighted by atomic mass is 10.1. The first-order valence-corrected chi connectivity index (χ1v) is 9.62. The van der Waals surface area contributed by atoms with E-state index in [1.165, 1.54) is 6.26 Å². The van der Waals surface area contributed by atoms with Gasteiger partial charge in [-0.15, -0.1) is 0 Å². The number of piperidine rings is 1. The largest absolute Gasteiger partial charge is 0.378 e. The molecule has 0 aliphatic carbocycles. The molecule has 22 heavy (non-hydrogen) atoms. The standard InChI is InChI=1S/C14H30N4O3S/c1-6-21-12-7-9-18(10-8-12)13(15-4)16-11-14(2,3)17-22(5,19)20/h12,17H,6-11H2,1-5H3,(H,15,16). The van der Waals surface area contributed by atoms with Crippen molar-refractivity contribution >= 4 is 16.0 Å². The van der Waals surface area contributed by atoms with Crippen LogP contribution in [0.4, 0.5) is 0 Å². The number of likely N-dealkylation sites (tertiary alicyclic amines) is 1. The van der Waals surface area contributed by atoms with Gasteiger partial charge < -0.3 is 15.0 Å².